The highest BCUT2D eigenvalue weighted by Crippen LogP contribution is 2.27. The van der Waals surface area contributed by atoms with Gasteiger partial charge in [-0.05, 0) is 73.0 Å². The van der Waals surface area contributed by atoms with Gasteiger partial charge < -0.3 is 30.7 Å². The Morgan fingerprint density at radius 2 is 1.92 bits per heavy atom. The molecule has 0 spiro atoms. The summed E-state index contributed by atoms with van der Waals surface area (Å²) in [5.74, 6) is 0.456. The van der Waals surface area contributed by atoms with Crippen LogP contribution < -0.4 is 20.7 Å². The van der Waals surface area contributed by atoms with Crippen LogP contribution in [0.25, 0.3) is 5.57 Å². The zero-order valence-corrected chi connectivity index (χ0v) is 21.3. The van der Waals surface area contributed by atoms with Crippen LogP contribution in [0, 0.1) is 12.7 Å². The normalized spacial score (nSPS) is 16.6. The monoisotopic (exact) mass is 529 g/mol. The molecule has 39 heavy (non-hydrogen) atoms. The number of dihydropyridines is 1. The van der Waals surface area contributed by atoms with E-state index in [9.17, 15) is 19.1 Å². The van der Waals surface area contributed by atoms with Crippen molar-refractivity contribution >= 4 is 28.9 Å². The smallest absolute Gasteiger partial charge is 0.323 e. The third-order valence-electron chi connectivity index (χ3n) is 6.36. The van der Waals surface area contributed by atoms with Gasteiger partial charge in [0, 0.05) is 43.8 Å². The average molecular weight is 530 g/mol. The van der Waals surface area contributed by atoms with E-state index in [1.165, 1.54) is 6.07 Å². The summed E-state index contributed by atoms with van der Waals surface area (Å²) in [6.45, 7) is 3.19. The van der Waals surface area contributed by atoms with Gasteiger partial charge in [-0.25, -0.2) is 9.18 Å². The summed E-state index contributed by atoms with van der Waals surface area (Å²) in [6, 6.07) is 14.2. The molecular weight excluding hydrogens is 501 g/mol. The lowest BCUT2D eigenvalue weighted by atomic mass is 10.0. The number of nitrogens with zero attached hydrogens (tertiary/aromatic N) is 2. The number of carbonyl (C=O) groups is 2. The Bertz CT molecular complexity index is 1450. The molecule has 4 N–H and O–H groups in total. The highest BCUT2D eigenvalue weighted by atomic mass is 19.1. The summed E-state index contributed by atoms with van der Waals surface area (Å²) in [4.78, 5) is 31.2. The van der Waals surface area contributed by atoms with Crippen molar-refractivity contribution in [1.29, 1.82) is 0 Å². The van der Waals surface area contributed by atoms with Crippen LogP contribution in [0.3, 0.4) is 0 Å². The van der Waals surface area contributed by atoms with Crippen molar-refractivity contribution in [3.05, 3.63) is 95.7 Å². The maximum atomic E-state index is 13.9. The molecular formula is C29H28FN5O4. The molecule has 3 amide bonds. The number of halogens is 1. The van der Waals surface area contributed by atoms with E-state index >= 15 is 0 Å². The molecule has 2 aliphatic rings. The lowest BCUT2D eigenvalue weighted by Crippen LogP contribution is -2.32. The molecule has 9 nitrogen and oxygen atoms in total. The lowest BCUT2D eigenvalue weighted by Gasteiger charge is -2.20. The number of hydrogen-bond donors (Lipinski definition) is 4. The first-order chi connectivity index (χ1) is 18.8. The molecule has 200 valence electrons. The van der Waals surface area contributed by atoms with Gasteiger partial charge in [-0.1, -0.05) is 6.07 Å². The van der Waals surface area contributed by atoms with Gasteiger partial charge in [0.1, 0.15) is 17.3 Å². The first kappa shape index (κ1) is 25.9. The SMILES string of the molecule is Cc1ccc(F)c(NC(=O)Nc2ccc(Oc3ccnc(C4=CC(C(=O)N5CC[C@@H](O)C5)=CNC4)c3)cc2)c1. The molecule has 3 heterocycles. The van der Waals surface area contributed by atoms with Crippen LogP contribution in [0.5, 0.6) is 11.5 Å². The van der Waals surface area contributed by atoms with E-state index in [-0.39, 0.29) is 11.6 Å². The summed E-state index contributed by atoms with van der Waals surface area (Å²) in [7, 11) is 0. The van der Waals surface area contributed by atoms with Crippen LogP contribution in [0.1, 0.15) is 17.7 Å². The second-order valence-corrected chi connectivity index (χ2v) is 9.41. The number of hydrogen-bond acceptors (Lipinski definition) is 6. The van der Waals surface area contributed by atoms with Crippen molar-refractivity contribution in [3.63, 3.8) is 0 Å². The molecule has 0 unspecified atom stereocenters. The molecule has 2 aromatic carbocycles. The highest BCUT2D eigenvalue weighted by Gasteiger charge is 2.27. The van der Waals surface area contributed by atoms with E-state index in [0.717, 1.165) is 11.1 Å². The number of urea groups is 1. The van der Waals surface area contributed by atoms with E-state index in [4.69, 9.17) is 4.74 Å². The Balaban J connectivity index is 1.21. The quantitative estimate of drug-likeness (QED) is 0.376. The Hall–Kier alpha value is -4.70. The Kier molecular flexibility index (Phi) is 7.55. The number of ether oxygens (including phenoxy) is 1. The van der Waals surface area contributed by atoms with Gasteiger partial charge in [0.25, 0.3) is 5.91 Å². The number of anilines is 2. The van der Waals surface area contributed by atoms with Gasteiger partial charge >= 0.3 is 6.03 Å². The molecule has 1 aromatic heterocycles. The fourth-order valence-electron chi connectivity index (χ4n) is 4.36. The summed E-state index contributed by atoms with van der Waals surface area (Å²) >= 11 is 0. The number of benzene rings is 2. The molecule has 2 aliphatic heterocycles. The topological polar surface area (TPSA) is 116 Å². The molecule has 10 heteroatoms. The molecule has 1 fully saturated rings. The van der Waals surface area contributed by atoms with Crippen LogP contribution in [0.15, 0.2) is 78.6 Å². The van der Waals surface area contributed by atoms with Gasteiger partial charge in [0.15, 0.2) is 0 Å². The van der Waals surface area contributed by atoms with E-state index in [0.29, 0.717) is 54.5 Å². The predicted octanol–water partition coefficient (Wildman–Crippen LogP) is 4.43. The third kappa shape index (κ3) is 6.42. The fourth-order valence-corrected chi connectivity index (χ4v) is 4.36. The number of aliphatic hydroxyl groups is 1. The first-order valence-corrected chi connectivity index (χ1v) is 12.5. The molecule has 0 saturated carbocycles. The summed E-state index contributed by atoms with van der Waals surface area (Å²) in [5.41, 5.74) is 3.45. The van der Waals surface area contributed by atoms with E-state index in [1.54, 1.807) is 65.8 Å². The van der Waals surface area contributed by atoms with Crippen molar-refractivity contribution in [3.8, 4) is 11.5 Å². The standard InChI is InChI=1S/C29H28FN5O4/c1-18-2-7-25(30)27(12-18)34-29(38)33-21-3-5-23(6-4-21)39-24-8-10-32-26(14-24)19-13-20(16-31-15-19)28(37)35-11-9-22(36)17-35/h2-8,10,12-14,16,22,31,36H,9,11,15,17H2,1H3,(H2,33,34,38)/t22-/m1/s1. The minimum atomic E-state index is -0.561. The molecule has 5 rings (SSSR count). The molecule has 0 bridgehead atoms. The Labute approximate surface area is 225 Å². The van der Waals surface area contributed by atoms with E-state index in [2.05, 4.69) is 20.9 Å². The van der Waals surface area contributed by atoms with Crippen LogP contribution >= 0.6 is 0 Å². The molecule has 0 radical (unpaired) electrons. The molecule has 3 aromatic rings. The summed E-state index contributed by atoms with van der Waals surface area (Å²) < 4.78 is 19.9. The van der Waals surface area contributed by atoms with Crippen LogP contribution in [0.4, 0.5) is 20.6 Å². The van der Waals surface area contributed by atoms with Gasteiger partial charge in [-0.3, -0.25) is 9.78 Å². The van der Waals surface area contributed by atoms with Gasteiger partial charge in [-0.15, -0.1) is 0 Å². The second-order valence-electron chi connectivity index (χ2n) is 9.41. The van der Waals surface area contributed by atoms with Crippen LogP contribution in [0.2, 0.25) is 0 Å². The van der Waals surface area contributed by atoms with Crippen LogP contribution in [-0.2, 0) is 4.79 Å². The Morgan fingerprint density at radius 1 is 1.10 bits per heavy atom. The number of β-amino-alcohol motifs (C(OH)–C–C–N with tert-alkyl or cyclic N) is 1. The maximum absolute atomic E-state index is 13.9. The minimum Gasteiger partial charge on any atom is -0.457 e. The largest absolute Gasteiger partial charge is 0.457 e. The van der Waals surface area contributed by atoms with Gasteiger partial charge in [0.05, 0.1) is 23.1 Å². The third-order valence-corrected chi connectivity index (χ3v) is 6.36. The van der Waals surface area contributed by atoms with Crippen molar-refractivity contribution in [2.24, 2.45) is 0 Å². The fraction of sp³-hybridized carbons (Fsp3) is 0.207. The summed E-state index contributed by atoms with van der Waals surface area (Å²) in [6.07, 6.45) is 5.23. The summed E-state index contributed by atoms with van der Waals surface area (Å²) in [5, 5.41) is 18.1. The minimum absolute atomic E-state index is 0.103. The maximum Gasteiger partial charge on any atom is 0.323 e. The van der Waals surface area contributed by atoms with Crippen molar-refractivity contribution in [2.45, 2.75) is 19.4 Å². The lowest BCUT2D eigenvalue weighted by molar-refractivity contribution is -0.126. The van der Waals surface area contributed by atoms with Crippen molar-refractivity contribution in [2.75, 3.05) is 30.3 Å². The van der Waals surface area contributed by atoms with Crippen LogP contribution in [-0.4, -0.2) is 52.7 Å². The zero-order valence-electron chi connectivity index (χ0n) is 21.3. The number of nitrogens with one attached hydrogen (secondary N) is 3. The van der Waals surface area contributed by atoms with E-state index in [1.807, 2.05) is 13.0 Å². The van der Waals surface area contributed by atoms with E-state index < -0.39 is 18.0 Å². The number of aliphatic hydroxyl groups excluding tert-OH is 1. The number of carbonyl (C=O) groups excluding carboxylic acids is 2. The predicted molar refractivity (Wildman–Crippen MR) is 146 cm³/mol. The van der Waals surface area contributed by atoms with Crippen molar-refractivity contribution < 1.29 is 23.8 Å². The Morgan fingerprint density at radius 3 is 2.69 bits per heavy atom. The number of aryl methyl sites for hydroxylation is 1. The molecule has 1 atom stereocenters. The average Bonchev–Trinajstić information content (AvgIpc) is 3.38. The number of pyridine rings is 1. The van der Waals surface area contributed by atoms with Gasteiger partial charge in [0.2, 0.25) is 0 Å². The van der Waals surface area contributed by atoms with Crippen molar-refractivity contribution in [1.82, 2.24) is 15.2 Å². The first-order valence-electron chi connectivity index (χ1n) is 12.5. The number of rotatable bonds is 6. The zero-order chi connectivity index (χ0) is 27.4. The second kappa shape index (κ2) is 11.4. The molecule has 1 saturated heterocycles. The number of likely N-dealkylation sites (tertiary alicyclic amines) is 1. The number of aromatic nitrogens is 1. The van der Waals surface area contributed by atoms with Gasteiger partial charge in [-0.2, -0.15) is 0 Å². The molecule has 0 aliphatic carbocycles. The number of amides is 3. The highest BCUT2D eigenvalue weighted by molar-refractivity contribution is 6.00.